The molecule has 0 aliphatic heterocycles. The Morgan fingerprint density at radius 1 is 1.16 bits per heavy atom. The number of aromatic nitrogens is 2. The van der Waals surface area contributed by atoms with E-state index >= 15 is 0 Å². The molecule has 0 spiro atoms. The van der Waals surface area contributed by atoms with Crippen molar-refractivity contribution >= 4 is 17.5 Å². The summed E-state index contributed by atoms with van der Waals surface area (Å²) in [5, 5.41) is 3.28. The first kappa shape index (κ1) is 21.5. The van der Waals surface area contributed by atoms with Crippen molar-refractivity contribution in [3.8, 4) is 0 Å². The van der Waals surface area contributed by atoms with E-state index in [9.17, 15) is 9.59 Å². The van der Waals surface area contributed by atoms with E-state index in [1.165, 1.54) is 38.5 Å². The highest BCUT2D eigenvalue weighted by atomic mass is 16.2. The van der Waals surface area contributed by atoms with Crippen molar-refractivity contribution in [3.05, 3.63) is 35.8 Å². The van der Waals surface area contributed by atoms with Gasteiger partial charge in [-0.3, -0.25) is 14.0 Å². The normalized spacial score (nSPS) is 28.4. The van der Waals surface area contributed by atoms with Crippen molar-refractivity contribution in [2.24, 2.45) is 29.1 Å². The van der Waals surface area contributed by atoms with E-state index in [2.05, 4.69) is 24.1 Å². The predicted octanol–water partition coefficient (Wildman–Crippen LogP) is 3.94. The number of likely N-dealkylation sites (N-methyl/N-ethyl adjacent to an activating group) is 1. The molecule has 4 saturated carbocycles. The summed E-state index contributed by atoms with van der Waals surface area (Å²) in [4.78, 5) is 32.1. The average molecular weight is 437 g/mol. The van der Waals surface area contributed by atoms with E-state index in [1.807, 2.05) is 35.8 Å². The van der Waals surface area contributed by atoms with Gasteiger partial charge in [-0.15, -0.1) is 0 Å². The number of fused-ring (bicyclic) bond motifs is 1. The monoisotopic (exact) mass is 436 g/mol. The Balaban J connectivity index is 1.28. The molecule has 2 aromatic heterocycles. The van der Waals surface area contributed by atoms with Crippen LogP contribution in [0.2, 0.25) is 0 Å². The number of imidazole rings is 1. The molecular formula is C26H36N4O2. The van der Waals surface area contributed by atoms with Crippen LogP contribution in [0.3, 0.4) is 0 Å². The van der Waals surface area contributed by atoms with Crippen molar-refractivity contribution < 1.29 is 9.59 Å². The van der Waals surface area contributed by atoms with E-state index in [4.69, 9.17) is 0 Å². The largest absolute Gasteiger partial charge is 0.350 e. The molecule has 2 amide bonds. The first-order valence-corrected chi connectivity index (χ1v) is 12.3. The van der Waals surface area contributed by atoms with Crippen LogP contribution >= 0.6 is 0 Å². The summed E-state index contributed by atoms with van der Waals surface area (Å²) in [7, 11) is 1.83. The third-order valence-electron chi connectivity index (χ3n) is 7.96. The van der Waals surface area contributed by atoms with Crippen LogP contribution in [0.4, 0.5) is 0 Å². The van der Waals surface area contributed by atoms with Crippen LogP contribution < -0.4 is 5.32 Å². The molecule has 0 aromatic carbocycles. The Morgan fingerprint density at radius 3 is 2.44 bits per heavy atom. The summed E-state index contributed by atoms with van der Waals surface area (Å²) in [5.41, 5.74) is 2.31. The highest BCUT2D eigenvalue weighted by Crippen LogP contribution is 2.59. The van der Waals surface area contributed by atoms with Gasteiger partial charge >= 0.3 is 0 Å². The van der Waals surface area contributed by atoms with Gasteiger partial charge in [0.2, 0.25) is 5.91 Å². The van der Waals surface area contributed by atoms with Gasteiger partial charge in [-0.05, 0) is 79.7 Å². The molecule has 1 N–H and O–H groups in total. The minimum absolute atomic E-state index is 0.0430. The Kier molecular flexibility index (Phi) is 5.50. The van der Waals surface area contributed by atoms with Crippen LogP contribution in [0.25, 0.3) is 5.65 Å². The first-order valence-electron chi connectivity index (χ1n) is 12.3. The highest BCUT2D eigenvalue weighted by Gasteiger charge is 2.50. The summed E-state index contributed by atoms with van der Waals surface area (Å²) in [6.45, 7) is 5.71. The number of amides is 2. The standard InChI is InChI=1S/C26H36N4O2/c1-17(2)14-29(3)24(31)10-21-15-30-22(5-4-6-23(30)28-21)25(32)27-16-26-11-18-7-19(12-26)9-20(8-18)13-26/h4-6,15,17-20H,7-14,16H2,1-3H3,(H,27,32). The lowest BCUT2D eigenvalue weighted by Crippen LogP contribution is -2.51. The fourth-order valence-electron chi connectivity index (χ4n) is 7.14. The van der Waals surface area contributed by atoms with Crippen LogP contribution in [-0.2, 0) is 11.2 Å². The molecule has 6 nitrogen and oxygen atoms in total. The quantitative estimate of drug-likeness (QED) is 0.715. The second kappa shape index (κ2) is 8.20. The molecule has 6 heteroatoms. The second-order valence-corrected chi connectivity index (χ2v) is 11.3. The predicted molar refractivity (Wildman–Crippen MR) is 124 cm³/mol. The molecule has 2 heterocycles. The number of nitrogens with one attached hydrogen (secondary N) is 1. The fraction of sp³-hybridized carbons (Fsp3) is 0.654. The number of hydrogen-bond acceptors (Lipinski definition) is 3. The Morgan fingerprint density at radius 2 is 1.81 bits per heavy atom. The van der Waals surface area contributed by atoms with E-state index < -0.39 is 0 Å². The Bertz CT molecular complexity index is 989. The zero-order valence-electron chi connectivity index (χ0n) is 19.6. The van der Waals surface area contributed by atoms with E-state index in [0.29, 0.717) is 28.4 Å². The van der Waals surface area contributed by atoms with Crippen molar-refractivity contribution in [1.82, 2.24) is 19.6 Å². The van der Waals surface area contributed by atoms with Gasteiger partial charge in [0, 0.05) is 26.3 Å². The lowest BCUT2D eigenvalue weighted by molar-refractivity contribution is -0.129. The molecule has 4 aliphatic rings. The fourth-order valence-corrected chi connectivity index (χ4v) is 7.14. The number of nitrogens with zero attached hydrogens (tertiary/aromatic N) is 3. The van der Waals surface area contributed by atoms with Gasteiger partial charge in [0.1, 0.15) is 11.3 Å². The lowest BCUT2D eigenvalue weighted by Gasteiger charge is -2.56. The van der Waals surface area contributed by atoms with E-state index in [0.717, 1.165) is 30.8 Å². The average Bonchev–Trinajstić information content (AvgIpc) is 3.13. The van der Waals surface area contributed by atoms with Crippen LogP contribution in [0.1, 0.15) is 68.6 Å². The Hall–Kier alpha value is -2.37. The maximum absolute atomic E-state index is 13.2. The van der Waals surface area contributed by atoms with Crippen LogP contribution in [0, 0.1) is 29.1 Å². The molecule has 6 rings (SSSR count). The lowest BCUT2D eigenvalue weighted by atomic mass is 9.49. The van der Waals surface area contributed by atoms with Crippen LogP contribution in [-0.4, -0.2) is 46.2 Å². The number of carbonyl (C=O) groups is 2. The molecule has 0 radical (unpaired) electrons. The van der Waals surface area contributed by atoms with Crippen LogP contribution in [0.5, 0.6) is 0 Å². The number of hydrogen-bond donors (Lipinski definition) is 1. The molecule has 4 aliphatic carbocycles. The molecule has 4 fully saturated rings. The molecule has 0 saturated heterocycles. The van der Waals surface area contributed by atoms with Gasteiger partial charge in [0.15, 0.2) is 0 Å². The minimum Gasteiger partial charge on any atom is -0.350 e. The summed E-state index contributed by atoms with van der Waals surface area (Å²) < 4.78 is 1.83. The number of rotatable bonds is 7. The summed E-state index contributed by atoms with van der Waals surface area (Å²) in [6, 6.07) is 5.61. The Labute approximate surface area is 190 Å². The van der Waals surface area contributed by atoms with Crippen molar-refractivity contribution in [2.45, 2.75) is 58.8 Å². The van der Waals surface area contributed by atoms with Gasteiger partial charge in [-0.1, -0.05) is 19.9 Å². The maximum atomic E-state index is 13.2. The molecule has 2 aromatic rings. The molecule has 32 heavy (non-hydrogen) atoms. The maximum Gasteiger partial charge on any atom is 0.268 e. The third kappa shape index (κ3) is 4.16. The zero-order valence-corrected chi connectivity index (χ0v) is 19.6. The smallest absolute Gasteiger partial charge is 0.268 e. The van der Waals surface area contributed by atoms with Crippen molar-refractivity contribution in [1.29, 1.82) is 0 Å². The highest BCUT2D eigenvalue weighted by molar-refractivity contribution is 5.93. The van der Waals surface area contributed by atoms with Gasteiger partial charge in [-0.2, -0.15) is 0 Å². The van der Waals surface area contributed by atoms with E-state index in [-0.39, 0.29) is 18.2 Å². The summed E-state index contributed by atoms with van der Waals surface area (Å²) in [6.07, 6.45) is 10.2. The number of carbonyl (C=O) groups excluding carboxylic acids is 2. The van der Waals surface area contributed by atoms with E-state index in [1.54, 1.807) is 4.90 Å². The molecular weight excluding hydrogens is 400 g/mol. The number of pyridine rings is 1. The minimum atomic E-state index is -0.0430. The second-order valence-electron chi connectivity index (χ2n) is 11.3. The SMILES string of the molecule is CC(C)CN(C)C(=O)Cc1cn2c(C(=O)NCC34CC5CC(CC(C5)C3)C4)cccc2n1. The van der Waals surface area contributed by atoms with Crippen molar-refractivity contribution in [2.75, 3.05) is 20.1 Å². The zero-order chi connectivity index (χ0) is 22.5. The van der Waals surface area contributed by atoms with Gasteiger partial charge in [0.25, 0.3) is 5.91 Å². The topological polar surface area (TPSA) is 66.7 Å². The summed E-state index contributed by atoms with van der Waals surface area (Å²) in [5.74, 6) is 3.07. The molecule has 0 unspecified atom stereocenters. The van der Waals surface area contributed by atoms with Gasteiger partial charge in [0.05, 0.1) is 12.1 Å². The van der Waals surface area contributed by atoms with Gasteiger partial charge < -0.3 is 10.2 Å². The first-order chi connectivity index (χ1) is 15.3. The summed E-state index contributed by atoms with van der Waals surface area (Å²) >= 11 is 0. The third-order valence-corrected chi connectivity index (χ3v) is 7.96. The van der Waals surface area contributed by atoms with Gasteiger partial charge in [-0.25, -0.2) is 4.98 Å². The molecule has 4 bridgehead atoms. The van der Waals surface area contributed by atoms with Crippen molar-refractivity contribution in [3.63, 3.8) is 0 Å². The molecule has 0 atom stereocenters. The van der Waals surface area contributed by atoms with Crippen LogP contribution in [0.15, 0.2) is 24.4 Å². The molecule has 172 valence electrons.